The van der Waals surface area contributed by atoms with E-state index in [1.165, 1.54) is 12.3 Å². The number of furan rings is 1. The van der Waals surface area contributed by atoms with Crippen LogP contribution in [0.5, 0.6) is 5.75 Å². The van der Waals surface area contributed by atoms with E-state index in [1.54, 1.807) is 44.2 Å². The molecule has 0 spiro atoms. The molecule has 3 rings (SSSR count). The number of nitrogens with one attached hydrogen (secondary N) is 1. The van der Waals surface area contributed by atoms with Crippen molar-refractivity contribution in [3.8, 4) is 17.1 Å². The number of nitrogens with zero attached hydrogens (tertiary/aromatic N) is 1. The number of H-pyrrole nitrogens is 1. The van der Waals surface area contributed by atoms with Crippen LogP contribution in [-0.4, -0.2) is 15.9 Å². The van der Waals surface area contributed by atoms with Gasteiger partial charge in [-0.1, -0.05) is 12.1 Å². The second kappa shape index (κ2) is 5.92. The Labute approximate surface area is 131 Å². The van der Waals surface area contributed by atoms with Crippen LogP contribution in [0.2, 0.25) is 0 Å². The monoisotopic (exact) mass is 310 g/mol. The molecule has 0 amide bonds. The molecule has 1 aromatic carbocycles. The van der Waals surface area contributed by atoms with Crippen molar-refractivity contribution in [1.82, 2.24) is 9.97 Å². The van der Waals surface area contributed by atoms with E-state index in [4.69, 9.17) is 9.15 Å². The molecule has 0 fully saturated rings. The van der Waals surface area contributed by atoms with Crippen LogP contribution in [0.1, 0.15) is 21.8 Å². The molecule has 1 N–H and O–H groups in total. The summed E-state index contributed by atoms with van der Waals surface area (Å²) in [5, 5.41) is 0. The van der Waals surface area contributed by atoms with E-state index in [0.717, 1.165) is 0 Å². The van der Waals surface area contributed by atoms with Gasteiger partial charge in [-0.3, -0.25) is 4.79 Å². The zero-order chi connectivity index (χ0) is 16.4. The van der Waals surface area contributed by atoms with Crippen LogP contribution in [-0.2, 0) is 0 Å². The smallest absolute Gasteiger partial charge is 0.347 e. The molecule has 0 bridgehead atoms. The lowest BCUT2D eigenvalue weighted by Gasteiger charge is -2.06. The molecule has 0 aliphatic heterocycles. The zero-order valence-electron chi connectivity index (χ0n) is 12.6. The third-order valence-electron chi connectivity index (χ3n) is 3.27. The fourth-order valence-electron chi connectivity index (χ4n) is 2.18. The number of ether oxygens (including phenoxy) is 1. The summed E-state index contributed by atoms with van der Waals surface area (Å²) in [6.45, 7) is 3.43. The standard InChI is InChI=1S/C17H14N2O4/c1-10-8-15(20)19-16(18-10)12-4-3-5-13(9-12)23-17(21)14-6-7-22-11(14)2/h3-9H,1-2H3,(H,18,19,20). The van der Waals surface area contributed by atoms with Gasteiger partial charge in [0.1, 0.15) is 22.9 Å². The van der Waals surface area contributed by atoms with Crippen molar-refractivity contribution < 1.29 is 13.9 Å². The second-order valence-corrected chi connectivity index (χ2v) is 5.04. The van der Waals surface area contributed by atoms with E-state index in [-0.39, 0.29) is 5.56 Å². The van der Waals surface area contributed by atoms with Crippen molar-refractivity contribution in [2.75, 3.05) is 0 Å². The Balaban J connectivity index is 1.90. The van der Waals surface area contributed by atoms with Crippen molar-refractivity contribution in [2.45, 2.75) is 13.8 Å². The molecule has 6 nitrogen and oxygen atoms in total. The third-order valence-corrected chi connectivity index (χ3v) is 3.27. The number of benzene rings is 1. The Morgan fingerprint density at radius 1 is 1.22 bits per heavy atom. The van der Waals surface area contributed by atoms with Gasteiger partial charge in [0.15, 0.2) is 0 Å². The van der Waals surface area contributed by atoms with Crippen LogP contribution in [0.4, 0.5) is 0 Å². The maximum atomic E-state index is 12.1. The number of esters is 1. The normalized spacial score (nSPS) is 10.5. The summed E-state index contributed by atoms with van der Waals surface area (Å²) < 4.78 is 10.4. The van der Waals surface area contributed by atoms with Crippen molar-refractivity contribution in [3.63, 3.8) is 0 Å². The molecule has 0 saturated heterocycles. The lowest BCUT2D eigenvalue weighted by atomic mass is 10.2. The highest BCUT2D eigenvalue weighted by Gasteiger charge is 2.14. The molecule has 6 heteroatoms. The Hall–Kier alpha value is -3.15. The van der Waals surface area contributed by atoms with Crippen LogP contribution in [0, 0.1) is 13.8 Å². The van der Waals surface area contributed by atoms with E-state index >= 15 is 0 Å². The third kappa shape index (κ3) is 3.21. The van der Waals surface area contributed by atoms with Crippen molar-refractivity contribution in [1.29, 1.82) is 0 Å². The first-order valence-electron chi connectivity index (χ1n) is 6.97. The summed E-state index contributed by atoms with van der Waals surface area (Å²) in [5.41, 5.74) is 1.40. The molecule has 2 heterocycles. The van der Waals surface area contributed by atoms with Gasteiger partial charge in [0.05, 0.1) is 6.26 Å². The minimum absolute atomic E-state index is 0.232. The maximum absolute atomic E-state index is 12.1. The molecule has 116 valence electrons. The van der Waals surface area contributed by atoms with Gasteiger partial charge in [0.2, 0.25) is 0 Å². The van der Waals surface area contributed by atoms with Gasteiger partial charge in [-0.25, -0.2) is 9.78 Å². The summed E-state index contributed by atoms with van der Waals surface area (Å²) in [5.74, 6) is 0.777. The SMILES string of the molecule is Cc1cc(=O)[nH]c(-c2cccc(OC(=O)c3ccoc3C)c2)n1. The predicted molar refractivity (Wildman–Crippen MR) is 83.4 cm³/mol. The number of rotatable bonds is 3. The largest absolute Gasteiger partial charge is 0.469 e. The van der Waals surface area contributed by atoms with Crippen LogP contribution in [0.3, 0.4) is 0 Å². The van der Waals surface area contributed by atoms with Crippen LogP contribution < -0.4 is 10.3 Å². The number of carbonyl (C=O) groups excluding carboxylic acids is 1. The fourth-order valence-corrected chi connectivity index (χ4v) is 2.18. The minimum atomic E-state index is -0.501. The van der Waals surface area contributed by atoms with Gasteiger partial charge >= 0.3 is 5.97 Å². The maximum Gasteiger partial charge on any atom is 0.347 e. The number of aromatic amines is 1. The van der Waals surface area contributed by atoms with Gasteiger partial charge in [-0.15, -0.1) is 0 Å². The average molecular weight is 310 g/mol. The number of hydrogen-bond donors (Lipinski definition) is 1. The molecule has 0 radical (unpaired) electrons. The number of hydrogen-bond acceptors (Lipinski definition) is 5. The summed E-state index contributed by atoms with van der Waals surface area (Å²) in [6, 6.07) is 9.77. The van der Waals surface area contributed by atoms with E-state index in [1.807, 2.05) is 0 Å². The van der Waals surface area contributed by atoms with Crippen molar-refractivity contribution in [3.05, 3.63) is 70.0 Å². The quantitative estimate of drug-likeness (QED) is 0.594. The van der Waals surface area contributed by atoms with E-state index in [0.29, 0.717) is 34.2 Å². The second-order valence-electron chi connectivity index (χ2n) is 5.04. The van der Waals surface area contributed by atoms with Gasteiger partial charge in [0, 0.05) is 17.3 Å². The summed E-state index contributed by atoms with van der Waals surface area (Å²) in [7, 11) is 0. The molecular weight excluding hydrogens is 296 g/mol. The number of carbonyl (C=O) groups is 1. The molecule has 3 aromatic rings. The van der Waals surface area contributed by atoms with Gasteiger partial charge in [0.25, 0.3) is 5.56 Å². The first-order chi connectivity index (χ1) is 11.0. The highest BCUT2D eigenvalue weighted by molar-refractivity contribution is 5.92. The lowest BCUT2D eigenvalue weighted by molar-refractivity contribution is 0.0733. The van der Waals surface area contributed by atoms with E-state index in [9.17, 15) is 9.59 Å². The molecule has 0 aliphatic carbocycles. The van der Waals surface area contributed by atoms with Crippen molar-refractivity contribution in [2.24, 2.45) is 0 Å². The molecule has 0 aliphatic rings. The molecule has 23 heavy (non-hydrogen) atoms. The molecule has 0 unspecified atom stereocenters. The van der Waals surface area contributed by atoms with Gasteiger partial charge < -0.3 is 14.1 Å². The first-order valence-corrected chi connectivity index (χ1v) is 6.97. The van der Waals surface area contributed by atoms with Crippen LogP contribution >= 0.6 is 0 Å². The highest BCUT2D eigenvalue weighted by atomic mass is 16.5. The Morgan fingerprint density at radius 3 is 2.74 bits per heavy atom. The van der Waals surface area contributed by atoms with E-state index in [2.05, 4.69) is 9.97 Å². The average Bonchev–Trinajstić information content (AvgIpc) is 2.93. The zero-order valence-corrected chi connectivity index (χ0v) is 12.6. The Kier molecular flexibility index (Phi) is 3.80. The van der Waals surface area contributed by atoms with E-state index < -0.39 is 5.97 Å². The van der Waals surface area contributed by atoms with Crippen molar-refractivity contribution >= 4 is 5.97 Å². The Morgan fingerprint density at radius 2 is 2.04 bits per heavy atom. The van der Waals surface area contributed by atoms with Crippen LogP contribution in [0.15, 0.2) is 51.9 Å². The number of aryl methyl sites for hydroxylation is 2. The Bertz CT molecular complexity index is 924. The minimum Gasteiger partial charge on any atom is -0.469 e. The molecular formula is C17H14N2O4. The fraction of sp³-hybridized carbons (Fsp3) is 0.118. The summed E-state index contributed by atoms with van der Waals surface area (Å²) in [6.07, 6.45) is 1.43. The topological polar surface area (TPSA) is 85.2 Å². The predicted octanol–water partition coefficient (Wildman–Crippen LogP) is 2.87. The van der Waals surface area contributed by atoms with Gasteiger partial charge in [-0.05, 0) is 32.0 Å². The molecule has 0 atom stereocenters. The van der Waals surface area contributed by atoms with Crippen LogP contribution in [0.25, 0.3) is 11.4 Å². The lowest BCUT2D eigenvalue weighted by Crippen LogP contribution is -2.10. The van der Waals surface area contributed by atoms with Gasteiger partial charge in [-0.2, -0.15) is 0 Å². The first kappa shape index (κ1) is 14.8. The molecule has 0 saturated carbocycles. The molecule has 2 aromatic heterocycles. The summed E-state index contributed by atoms with van der Waals surface area (Å²) >= 11 is 0. The number of aromatic nitrogens is 2. The highest BCUT2D eigenvalue weighted by Crippen LogP contribution is 2.22. The summed E-state index contributed by atoms with van der Waals surface area (Å²) in [4.78, 5) is 30.6.